The van der Waals surface area contributed by atoms with Gasteiger partial charge in [-0.1, -0.05) is 35.9 Å². The van der Waals surface area contributed by atoms with Gasteiger partial charge in [0.05, 0.1) is 5.56 Å². The number of rotatable bonds is 5. The molecule has 1 amide bonds. The normalized spacial score (nSPS) is 13.8. The van der Waals surface area contributed by atoms with E-state index in [1.54, 1.807) is 18.2 Å². The number of aryl methyl sites for hydroxylation is 2. The minimum absolute atomic E-state index is 0.0626. The number of halogens is 1. The molecule has 1 fully saturated rings. The number of amides is 1. The third kappa shape index (κ3) is 4.64. The van der Waals surface area contributed by atoms with Crippen LogP contribution in [0.15, 0.2) is 48.7 Å². The van der Waals surface area contributed by atoms with Crippen molar-refractivity contribution in [1.82, 2.24) is 15.3 Å². The molecule has 2 aromatic carbocycles. The number of aromatic nitrogens is 2. The summed E-state index contributed by atoms with van der Waals surface area (Å²) in [5.41, 5.74) is 10.4. The summed E-state index contributed by atoms with van der Waals surface area (Å²) in [6.07, 6.45) is 1.44. The van der Waals surface area contributed by atoms with E-state index in [1.165, 1.54) is 29.1 Å². The lowest BCUT2D eigenvalue weighted by Gasteiger charge is -2.37. The van der Waals surface area contributed by atoms with Crippen LogP contribution in [-0.4, -0.2) is 42.1 Å². The minimum Gasteiger partial charge on any atom is -0.383 e. The van der Waals surface area contributed by atoms with Gasteiger partial charge in [0.25, 0.3) is 5.91 Å². The molecule has 3 aromatic rings. The number of anilines is 3. The highest BCUT2D eigenvalue weighted by Crippen LogP contribution is 2.24. The maximum absolute atomic E-state index is 13.7. The Morgan fingerprint density at radius 1 is 1.09 bits per heavy atom. The van der Waals surface area contributed by atoms with E-state index < -0.39 is 5.91 Å². The highest BCUT2D eigenvalue weighted by Gasteiger charge is 2.22. The van der Waals surface area contributed by atoms with E-state index >= 15 is 0 Å². The molecule has 0 spiro atoms. The molecule has 0 unspecified atom stereocenters. The Labute approximate surface area is 187 Å². The highest BCUT2D eigenvalue weighted by atomic mass is 19.1. The van der Waals surface area contributed by atoms with Crippen LogP contribution in [0.1, 0.15) is 27.0 Å². The average Bonchev–Trinajstić information content (AvgIpc) is 2.78. The number of nitrogen functional groups attached to an aromatic ring is 1. The van der Waals surface area contributed by atoms with Crippen molar-refractivity contribution < 1.29 is 9.18 Å². The van der Waals surface area contributed by atoms with E-state index in [0.29, 0.717) is 11.5 Å². The van der Waals surface area contributed by atoms with Gasteiger partial charge in [0, 0.05) is 50.2 Å². The van der Waals surface area contributed by atoms with Crippen LogP contribution in [0, 0.1) is 19.7 Å². The largest absolute Gasteiger partial charge is 0.383 e. The maximum atomic E-state index is 13.7. The molecule has 0 atom stereocenters. The van der Waals surface area contributed by atoms with E-state index in [2.05, 4.69) is 57.1 Å². The fourth-order valence-corrected chi connectivity index (χ4v) is 3.93. The molecule has 7 nitrogen and oxygen atoms in total. The van der Waals surface area contributed by atoms with Gasteiger partial charge < -0.3 is 20.9 Å². The van der Waals surface area contributed by atoms with Crippen molar-refractivity contribution in [1.29, 1.82) is 0 Å². The van der Waals surface area contributed by atoms with Gasteiger partial charge >= 0.3 is 0 Å². The number of hydrogen-bond acceptors (Lipinski definition) is 6. The topological polar surface area (TPSA) is 87.4 Å². The lowest BCUT2D eigenvalue weighted by molar-refractivity contribution is 0.0951. The minimum atomic E-state index is -0.433. The molecule has 1 saturated heterocycles. The Morgan fingerprint density at radius 3 is 2.50 bits per heavy atom. The summed E-state index contributed by atoms with van der Waals surface area (Å²) < 4.78 is 13.7. The number of nitrogens with one attached hydrogen (secondary N) is 1. The van der Waals surface area contributed by atoms with Crippen LogP contribution in [0.4, 0.5) is 21.8 Å². The Kier molecular flexibility index (Phi) is 6.20. The molecular weight excluding hydrogens is 407 g/mol. The number of piperazine rings is 1. The van der Waals surface area contributed by atoms with Crippen LogP contribution in [0.5, 0.6) is 0 Å². The standard InChI is InChI=1S/C24H27FN6O/c1-16-7-8-21(17(2)13-16)30-9-11-31(12-10-30)24-28-15-19(22(26)29-24)23(32)27-14-18-5-3-4-6-20(18)25/h3-8,13,15H,9-12,14H2,1-2H3,(H,27,32)(H2,26,28,29). The van der Waals surface area contributed by atoms with Gasteiger partial charge in [-0.3, -0.25) is 4.79 Å². The summed E-state index contributed by atoms with van der Waals surface area (Å²) in [5.74, 6) is -0.185. The molecule has 0 bridgehead atoms. The van der Waals surface area contributed by atoms with Crippen LogP contribution in [0.2, 0.25) is 0 Å². The molecule has 0 saturated carbocycles. The first-order valence-electron chi connectivity index (χ1n) is 10.6. The summed E-state index contributed by atoms with van der Waals surface area (Å²) in [4.78, 5) is 25.6. The smallest absolute Gasteiger partial charge is 0.256 e. The Bertz CT molecular complexity index is 1130. The predicted molar refractivity (Wildman–Crippen MR) is 124 cm³/mol. The molecule has 1 aromatic heterocycles. The quantitative estimate of drug-likeness (QED) is 0.642. The first-order valence-corrected chi connectivity index (χ1v) is 10.6. The molecule has 8 heteroatoms. The first-order chi connectivity index (χ1) is 15.4. The molecule has 1 aliphatic rings. The zero-order valence-corrected chi connectivity index (χ0v) is 18.3. The van der Waals surface area contributed by atoms with Crippen molar-refractivity contribution in [2.24, 2.45) is 0 Å². The van der Waals surface area contributed by atoms with Gasteiger partial charge in [-0.2, -0.15) is 4.98 Å². The highest BCUT2D eigenvalue weighted by molar-refractivity contribution is 5.98. The van der Waals surface area contributed by atoms with Gasteiger partial charge in [0.15, 0.2) is 0 Å². The third-order valence-corrected chi connectivity index (χ3v) is 5.70. The molecule has 2 heterocycles. The van der Waals surface area contributed by atoms with Crippen LogP contribution in [-0.2, 0) is 6.54 Å². The van der Waals surface area contributed by atoms with Gasteiger partial charge in [-0.15, -0.1) is 0 Å². The molecule has 0 radical (unpaired) electrons. The summed E-state index contributed by atoms with van der Waals surface area (Å²) >= 11 is 0. The van der Waals surface area contributed by atoms with Gasteiger partial charge in [0.1, 0.15) is 11.6 Å². The van der Waals surface area contributed by atoms with Gasteiger partial charge in [-0.25, -0.2) is 9.37 Å². The number of carbonyl (C=O) groups excluding carboxylic acids is 1. The predicted octanol–water partition coefficient (Wildman–Crippen LogP) is 3.07. The number of carbonyl (C=O) groups is 1. The van der Waals surface area contributed by atoms with Crippen molar-refractivity contribution in [2.45, 2.75) is 20.4 Å². The Morgan fingerprint density at radius 2 is 1.81 bits per heavy atom. The van der Waals surface area contributed by atoms with Crippen LogP contribution in [0.25, 0.3) is 0 Å². The molecule has 0 aliphatic carbocycles. The van der Waals surface area contributed by atoms with Crippen LogP contribution < -0.4 is 20.9 Å². The summed E-state index contributed by atoms with van der Waals surface area (Å²) in [5, 5.41) is 2.67. The van der Waals surface area contributed by atoms with Crippen molar-refractivity contribution in [3.63, 3.8) is 0 Å². The molecule has 166 valence electrons. The summed E-state index contributed by atoms with van der Waals surface area (Å²) in [6, 6.07) is 12.8. The second-order valence-electron chi connectivity index (χ2n) is 8.01. The van der Waals surface area contributed by atoms with Crippen molar-refractivity contribution in [2.75, 3.05) is 41.7 Å². The fourth-order valence-electron chi connectivity index (χ4n) is 3.93. The fraction of sp³-hybridized carbons (Fsp3) is 0.292. The number of hydrogen-bond donors (Lipinski definition) is 2. The first kappa shape index (κ1) is 21.5. The molecule has 1 aliphatic heterocycles. The van der Waals surface area contributed by atoms with E-state index in [0.717, 1.165) is 26.2 Å². The van der Waals surface area contributed by atoms with Crippen LogP contribution >= 0.6 is 0 Å². The summed E-state index contributed by atoms with van der Waals surface area (Å²) in [7, 11) is 0. The van der Waals surface area contributed by atoms with Crippen LogP contribution in [0.3, 0.4) is 0 Å². The van der Waals surface area contributed by atoms with E-state index in [1.807, 2.05) is 0 Å². The molecule has 3 N–H and O–H groups in total. The zero-order chi connectivity index (χ0) is 22.7. The number of nitrogens with zero attached hydrogens (tertiary/aromatic N) is 4. The SMILES string of the molecule is Cc1ccc(N2CCN(c3ncc(C(=O)NCc4ccccc4F)c(N)n3)CC2)c(C)c1. The second kappa shape index (κ2) is 9.21. The van der Waals surface area contributed by atoms with Crippen molar-refractivity contribution in [3.05, 3.63) is 76.7 Å². The number of benzene rings is 2. The van der Waals surface area contributed by atoms with Crippen molar-refractivity contribution in [3.8, 4) is 0 Å². The lowest BCUT2D eigenvalue weighted by atomic mass is 10.1. The van der Waals surface area contributed by atoms with Gasteiger partial charge in [-0.05, 0) is 31.5 Å². The molecular formula is C24H27FN6O. The number of nitrogens with two attached hydrogens (primary N) is 1. The lowest BCUT2D eigenvalue weighted by Crippen LogP contribution is -2.47. The third-order valence-electron chi connectivity index (χ3n) is 5.70. The monoisotopic (exact) mass is 434 g/mol. The summed E-state index contributed by atoms with van der Waals surface area (Å²) in [6.45, 7) is 7.50. The molecule has 4 rings (SSSR count). The van der Waals surface area contributed by atoms with E-state index in [4.69, 9.17) is 5.73 Å². The van der Waals surface area contributed by atoms with Gasteiger partial charge in [0.2, 0.25) is 5.95 Å². The Hall–Kier alpha value is -3.68. The van der Waals surface area contributed by atoms with E-state index in [-0.39, 0.29) is 23.7 Å². The Balaban J connectivity index is 1.38. The maximum Gasteiger partial charge on any atom is 0.256 e. The zero-order valence-electron chi connectivity index (χ0n) is 18.3. The van der Waals surface area contributed by atoms with E-state index in [9.17, 15) is 9.18 Å². The van der Waals surface area contributed by atoms with Crippen molar-refractivity contribution >= 4 is 23.4 Å². The molecule has 32 heavy (non-hydrogen) atoms. The average molecular weight is 435 g/mol. The second-order valence-corrected chi connectivity index (χ2v) is 8.01.